The zero-order valence-corrected chi connectivity index (χ0v) is 16.5. The molecule has 0 bridgehead atoms. The number of anilines is 1. The Labute approximate surface area is 168 Å². The molecule has 1 aliphatic heterocycles. The third-order valence-corrected chi connectivity index (χ3v) is 6.43. The molecule has 1 saturated heterocycles. The lowest BCUT2D eigenvalue weighted by Gasteiger charge is -2.12. The van der Waals surface area contributed by atoms with Crippen LogP contribution < -0.4 is 15.8 Å². The molecule has 6 nitrogen and oxygen atoms in total. The van der Waals surface area contributed by atoms with E-state index in [1.54, 1.807) is 24.3 Å². The van der Waals surface area contributed by atoms with Crippen LogP contribution in [0.1, 0.15) is 56.8 Å². The molecular formula is C21H24N2O4S. The summed E-state index contributed by atoms with van der Waals surface area (Å²) in [5.41, 5.74) is 7.59. The first-order valence-corrected chi connectivity index (χ1v) is 10.5. The molecule has 148 valence electrons. The minimum absolute atomic E-state index is 0.153. The molecule has 2 aliphatic rings. The normalized spacial score (nSPS) is 18.5. The van der Waals surface area contributed by atoms with E-state index in [4.69, 9.17) is 15.2 Å². The summed E-state index contributed by atoms with van der Waals surface area (Å²) in [4.78, 5) is 25.8. The number of nitrogens with two attached hydrogens (primary N) is 1. The van der Waals surface area contributed by atoms with E-state index in [-0.39, 0.29) is 12.0 Å². The number of rotatable bonds is 6. The monoisotopic (exact) mass is 400 g/mol. The van der Waals surface area contributed by atoms with Crippen LogP contribution in [0, 0.1) is 0 Å². The molecule has 0 radical (unpaired) electrons. The lowest BCUT2D eigenvalue weighted by molar-refractivity contribution is 0.0679. The number of primary amides is 1. The molecule has 0 saturated carbocycles. The summed E-state index contributed by atoms with van der Waals surface area (Å²) in [6, 6.07) is 6.99. The Morgan fingerprint density at radius 2 is 1.96 bits per heavy atom. The smallest absolute Gasteiger partial charge is 0.256 e. The number of fused-ring (bicyclic) bond motifs is 1. The van der Waals surface area contributed by atoms with Gasteiger partial charge in [0.1, 0.15) is 17.4 Å². The predicted molar refractivity (Wildman–Crippen MR) is 108 cm³/mol. The number of thiophene rings is 1. The zero-order valence-electron chi connectivity index (χ0n) is 15.7. The van der Waals surface area contributed by atoms with Crippen molar-refractivity contribution in [1.82, 2.24) is 0 Å². The Morgan fingerprint density at radius 3 is 2.68 bits per heavy atom. The van der Waals surface area contributed by atoms with Gasteiger partial charge >= 0.3 is 0 Å². The third kappa shape index (κ3) is 4.05. The van der Waals surface area contributed by atoms with E-state index in [2.05, 4.69) is 5.32 Å². The fraction of sp³-hybridized carbons (Fsp3) is 0.429. The Hall–Kier alpha value is -2.38. The van der Waals surface area contributed by atoms with Crippen molar-refractivity contribution in [2.24, 2.45) is 5.73 Å². The third-order valence-electron chi connectivity index (χ3n) is 5.22. The van der Waals surface area contributed by atoms with Crippen LogP contribution in [0.4, 0.5) is 5.00 Å². The highest BCUT2D eigenvalue weighted by molar-refractivity contribution is 7.17. The Kier molecular flexibility index (Phi) is 5.64. The molecule has 2 heterocycles. The molecule has 0 unspecified atom stereocenters. The van der Waals surface area contributed by atoms with Crippen molar-refractivity contribution >= 4 is 28.2 Å². The largest absolute Gasteiger partial charge is 0.491 e. The van der Waals surface area contributed by atoms with Gasteiger partial charge in [0.25, 0.3) is 11.8 Å². The fourth-order valence-corrected chi connectivity index (χ4v) is 5.05. The number of hydrogen-bond donors (Lipinski definition) is 2. The molecule has 1 aliphatic carbocycles. The molecule has 7 heteroatoms. The summed E-state index contributed by atoms with van der Waals surface area (Å²) in [7, 11) is 0. The highest BCUT2D eigenvalue weighted by Crippen LogP contribution is 2.38. The highest BCUT2D eigenvalue weighted by Gasteiger charge is 2.25. The number of amides is 2. The van der Waals surface area contributed by atoms with E-state index in [0.29, 0.717) is 28.5 Å². The van der Waals surface area contributed by atoms with Gasteiger partial charge in [0.15, 0.2) is 0 Å². The molecule has 1 fully saturated rings. The van der Waals surface area contributed by atoms with Gasteiger partial charge in [0.05, 0.1) is 11.7 Å². The van der Waals surface area contributed by atoms with Gasteiger partial charge < -0.3 is 20.5 Å². The van der Waals surface area contributed by atoms with Crippen molar-refractivity contribution < 1.29 is 19.1 Å². The maximum absolute atomic E-state index is 12.7. The molecule has 2 aromatic rings. The number of aryl methyl sites for hydroxylation is 1. The van der Waals surface area contributed by atoms with E-state index in [1.165, 1.54) is 11.3 Å². The van der Waals surface area contributed by atoms with Gasteiger partial charge in [-0.3, -0.25) is 9.59 Å². The van der Waals surface area contributed by atoms with Crippen molar-refractivity contribution in [3.63, 3.8) is 0 Å². The van der Waals surface area contributed by atoms with E-state index in [0.717, 1.165) is 55.6 Å². The average molecular weight is 401 g/mol. The Balaban J connectivity index is 1.43. The number of carbonyl (C=O) groups excluding carboxylic acids is 2. The first-order chi connectivity index (χ1) is 13.6. The lowest BCUT2D eigenvalue weighted by atomic mass is 9.95. The number of nitrogens with one attached hydrogen (secondary N) is 1. The van der Waals surface area contributed by atoms with Crippen LogP contribution in [0.2, 0.25) is 0 Å². The fourth-order valence-electron chi connectivity index (χ4n) is 3.76. The topological polar surface area (TPSA) is 90.7 Å². The van der Waals surface area contributed by atoms with Crippen molar-refractivity contribution in [1.29, 1.82) is 0 Å². The quantitative estimate of drug-likeness (QED) is 0.776. The van der Waals surface area contributed by atoms with Gasteiger partial charge in [-0.05, 0) is 68.4 Å². The van der Waals surface area contributed by atoms with Crippen molar-refractivity contribution in [2.45, 2.75) is 44.6 Å². The van der Waals surface area contributed by atoms with Gasteiger partial charge in [-0.15, -0.1) is 11.3 Å². The van der Waals surface area contributed by atoms with Gasteiger partial charge in [0, 0.05) is 17.0 Å². The molecule has 0 spiro atoms. The van der Waals surface area contributed by atoms with Crippen LogP contribution in [-0.2, 0) is 17.6 Å². The van der Waals surface area contributed by atoms with Crippen LogP contribution in [0.5, 0.6) is 5.75 Å². The standard InChI is InChI=1S/C21H24N2O4S/c22-19(24)18-16-5-1-2-6-17(16)28-21(18)23-20(25)13-7-9-14(10-8-13)27-12-15-4-3-11-26-15/h7-10,15H,1-6,11-12H2,(H2,22,24)(H,23,25)/t15-/m1/s1. The molecule has 3 N–H and O–H groups in total. The molecule has 1 aromatic heterocycles. The van der Waals surface area contributed by atoms with Gasteiger partial charge in [-0.2, -0.15) is 0 Å². The summed E-state index contributed by atoms with van der Waals surface area (Å²) >= 11 is 1.47. The molecule has 1 aromatic carbocycles. The van der Waals surface area contributed by atoms with Crippen molar-refractivity contribution in [3.8, 4) is 5.75 Å². The second-order valence-electron chi connectivity index (χ2n) is 7.20. The van der Waals surface area contributed by atoms with Gasteiger partial charge in [0.2, 0.25) is 0 Å². The summed E-state index contributed by atoms with van der Waals surface area (Å²) in [6.07, 6.45) is 6.18. The van der Waals surface area contributed by atoms with Crippen LogP contribution in [-0.4, -0.2) is 31.1 Å². The Morgan fingerprint density at radius 1 is 1.18 bits per heavy atom. The van der Waals surface area contributed by atoms with Crippen LogP contribution >= 0.6 is 11.3 Å². The second kappa shape index (κ2) is 8.32. The first kappa shape index (κ1) is 19.0. The van der Waals surface area contributed by atoms with Gasteiger partial charge in [-0.1, -0.05) is 0 Å². The molecule has 4 rings (SSSR count). The number of ether oxygens (including phenoxy) is 2. The number of benzene rings is 1. The van der Waals surface area contributed by atoms with E-state index < -0.39 is 5.91 Å². The summed E-state index contributed by atoms with van der Waals surface area (Å²) in [6.45, 7) is 1.32. The summed E-state index contributed by atoms with van der Waals surface area (Å²) in [5, 5.41) is 3.44. The highest BCUT2D eigenvalue weighted by atomic mass is 32.1. The predicted octanol–water partition coefficient (Wildman–Crippen LogP) is 3.54. The average Bonchev–Trinajstić information content (AvgIpc) is 3.34. The van der Waals surface area contributed by atoms with Crippen LogP contribution in [0.3, 0.4) is 0 Å². The minimum Gasteiger partial charge on any atom is -0.491 e. The Bertz CT molecular complexity index is 869. The number of carbonyl (C=O) groups is 2. The van der Waals surface area contributed by atoms with E-state index in [1.807, 2.05) is 0 Å². The molecular weight excluding hydrogens is 376 g/mol. The van der Waals surface area contributed by atoms with Crippen molar-refractivity contribution in [2.75, 3.05) is 18.5 Å². The van der Waals surface area contributed by atoms with E-state index >= 15 is 0 Å². The summed E-state index contributed by atoms with van der Waals surface area (Å²) < 4.78 is 11.3. The van der Waals surface area contributed by atoms with Gasteiger partial charge in [-0.25, -0.2) is 0 Å². The molecule has 1 atom stereocenters. The minimum atomic E-state index is -0.479. The molecule has 2 amide bonds. The van der Waals surface area contributed by atoms with Crippen LogP contribution in [0.25, 0.3) is 0 Å². The van der Waals surface area contributed by atoms with Crippen LogP contribution in [0.15, 0.2) is 24.3 Å². The maximum atomic E-state index is 12.7. The van der Waals surface area contributed by atoms with Crippen molar-refractivity contribution in [3.05, 3.63) is 45.8 Å². The SMILES string of the molecule is NC(=O)c1c(NC(=O)c2ccc(OC[C@H]3CCCO3)cc2)sc2c1CCCC2. The summed E-state index contributed by atoms with van der Waals surface area (Å²) in [5.74, 6) is -0.0317. The molecule has 28 heavy (non-hydrogen) atoms. The number of hydrogen-bond acceptors (Lipinski definition) is 5. The lowest BCUT2D eigenvalue weighted by Crippen LogP contribution is -2.18. The maximum Gasteiger partial charge on any atom is 0.256 e. The van der Waals surface area contributed by atoms with E-state index in [9.17, 15) is 9.59 Å². The zero-order chi connectivity index (χ0) is 19.5. The second-order valence-corrected chi connectivity index (χ2v) is 8.31. The first-order valence-electron chi connectivity index (χ1n) is 9.72.